The van der Waals surface area contributed by atoms with Crippen LogP contribution in [0.2, 0.25) is 0 Å². The molecule has 0 aromatic heterocycles. The molecule has 0 radical (unpaired) electrons. The minimum absolute atomic E-state index is 0.0387. The van der Waals surface area contributed by atoms with Crippen LogP contribution in [0.5, 0.6) is 0 Å². The quantitative estimate of drug-likeness (QED) is 0.905. The minimum atomic E-state index is -0.927. The van der Waals surface area contributed by atoms with Crippen molar-refractivity contribution in [2.45, 2.75) is 0 Å². The Hall–Kier alpha value is -1.43. The average Bonchev–Trinajstić information content (AvgIpc) is 2.18. The van der Waals surface area contributed by atoms with E-state index in [1.807, 2.05) is 0 Å². The fourth-order valence-electron chi connectivity index (χ4n) is 1.63. The van der Waals surface area contributed by atoms with Gasteiger partial charge in [-0.2, -0.15) is 0 Å². The molecule has 0 atom stereocenters. The minimum Gasteiger partial charge on any atom is -0.481 e. The van der Waals surface area contributed by atoms with E-state index >= 15 is 0 Å². The van der Waals surface area contributed by atoms with Crippen molar-refractivity contribution >= 4 is 27.8 Å². The summed E-state index contributed by atoms with van der Waals surface area (Å²) < 4.78 is 14.0. The van der Waals surface area contributed by atoms with Crippen molar-refractivity contribution in [3.8, 4) is 0 Å². The third-order valence-corrected chi connectivity index (χ3v) is 3.17. The molecule has 1 N–H and O–H groups in total. The lowest BCUT2D eigenvalue weighted by atomic mass is 9.99. The van der Waals surface area contributed by atoms with Crippen LogP contribution in [0.1, 0.15) is 10.4 Å². The molecule has 0 aliphatic carbocycles. The number of nitrogens with zero attached hydrogens (tertiary/aromatic N) is 1. The largest absolute Gasteiger partial charge is 0.481 e. The SMILES string of the molecule is O=C(O)C1CN(C(=O)c2cc(Br)ccc2F)C1. The van der Waals surface area contributed by atoms with Crippen LogP contribution in [-0.4, -0.2) is 35.0 Å². The van der Waals surface area contributed by atoms with E-state index in [1.165, 1.54) is 23.1 Å². The number of carbonyl (C=O) groups excluding carboxylic acids is 1. The summed E-state index contributed by atoms with van der Waals surface area (Å²) in [6.45, 7) is 0.278. The molecule has 2 rings (SSSR count). The molecule has 1 saturated heterocycles. The fraction of sp³-hybridized carbons (Fsp3) is 0.273. The summed E-state index contributed by atoms with van der Waals surface area (Å²) in [5.74, 6) is -2.53. The summed E-state index contributed by atoms with van der Waals surface area (Å²) in [4.78, 5) is 23.8. The maximum absolute atomic E-state index is 13.4. The third-order valence-electron chi connectivity index (χ3n) is 2.68. The Balaban J connectivity index is 2.11. The van der Waals surface area contributed by atoms with Crippen LogP contribution in [0, 0.1) is 11.7 Å². The first-order valence-electron chi connectivity index (χ1n) is 4.96. The molecule has 1 heterocycles. The average molecular weight is 302 g/mol. The summed E-state index contributed by atoms with van der Waals surface area (Å²) >= 11 is 3.16. The van der Waals surface area contributed by atoms with Crippen LogP contribution in [0.3, 0.4) is 0 Å². The van der Waals surface area contributed by atoms with E-state index in [1.54, 1.807) is 0 Å². The van der Waals surface area contributed by atoms with Crippen molar-refractivity contribution in [3.05, 3.63) is 34.1 Å². The molecule has 4 nitrogen and oxygen atoms in total. The third kappa shape index (κ3) is 2.31. The van der Waals surface area contributed by atoms with Gasteiger partial charge < -0.3 is 10.0 Å². The van der Waals surface area contributed by atoms with Crippen LogP contribution in [0.25, 0.3) is 0 Å². The van der Waals surface area contributed by atoms with Gasteiger partial charge >= 0.3 is 5.97 Å². The molecule has 90 valence electrons. The van der Waals surface area contributed by atoms with Gasteiger partial charge in [0, 0.05) is 17.6 Å². The fourth-order valence-corrected chi connectivity index (χ4v) is 1.99. The zero-order valence-electron chi connectivity index (χ0n) is 8.69. The zero-order valence-corrected chi connectivity index (χ0v) is 10.3. The second-order valence-corrected chi connectivity index (χ2v) is 4.79. The molecule has 0 spiro atoms. The van der Waals surface area contributed by atoms with E-state index in [0.29, 0.717) is 4.47 Å². The van der Waals surface area contributed by atoms with Gasteiger partial charge in [-0.25, -0.2) is 4.39 Å². The Labute approximate surface area is 105 Å². The number of halogens is 2. The van der Waals surface area contributed by atoms with Gasteiger partial charge in [0.25, 0.3) is 5.91 Å². The highest BCUT2D eigenvalue weighted by Crippen LogP contribution is 2.22. The van der Waals surface area contributed by atoms with Gasteiger partial charge in [0.15, 0.2) is 0 Å². The first-order valence-corrected chi connectivity index (χ1v) is 5.75. The number of likely N-dealkylation sites (tertiary alicyclic amines) is 1. The van der Waals surface area contributed by atoms with Crippen LogP contribution in [0.4, 0.5) is 4.39 Å². The Morgan fingerprint density at radius 1 is 1.41 bits per heavy atom. The molecule has 1 fully saturated rings. The van der Waals surface area contributed by atoms with Crippen LogP contribution in [-0.2, 0) is 4.79 Å². The van der Waals surface area contributed by atoms with Gasteiger partial charge in [0.05, 0.1) is 11.5 Å². The van der Waals surface area contributed by atoms with Gasteiger partial charge in [-0.05, 0) is 18.2 Å². The number of aliphatic carboxylic acids is 1. The van der Waals surface area contributed by atoms with Crippen molar-refractivity contribution in [3.63, 3.8) is 0 Å². The van der Waals surface area contributed by atoms with Crippen molar-refractivity contribution in [1.82, 2.24) is 4.90 Å². The smallest absolute Gasteiger partial charge is 0.310 e. The van der Waals surface area contributed by atoms with E-state index in [-0.39, 0.29) is 18.7 Å². The Bertz CT molecular complexity index is 486. The molecule has 1 amide bonds. The number of carbonyl (C=O) groups is 2. The van der Waals surface area contributed by atoms with Crippen molar-refractivity contribution in [2.75, 3.05) is 13.1 Å². The number of benzene rings is 1. The number of amides is 1. The highest BCUT2D eigenvalue weighted by Gasteiger charge is 2.36. The molecule has 0 saturated carbocycles. The number of hydrogen-bond donors (Lipinski definition) is 1. The molecule has 6 heteroatoms. The summed E-state index contributed by atoms with van der Waals surface area (Å²) in [6, 6.07) is 4.10. The highest BCUT2D eigenvalue weighted by molar-refractivity contribution is 9.10. The lowest BCUT2D eigenvalue weighted by Gasteiger charge is -2.36. The van der Waals surface area contributed by atoms with Crippen LogP contribution in [0.15, 0.2) is 22.7 Å². The number of carboxylic acids is 1. The molecule has 1 aromatic rings. The first kappa shape index (κ1) is 12.0. The number of rotatable bonds is 2. The van der Waals surface area contributed by atoms with E-state index in [4.69, 9.17) is 5.11 Å². The van der Waals surface area contributed by atoms with Crippen LogP contribution >= 0.6 is 15.9 Å². The molecular formula is C11H9BrFNO3. The monoisotopic (exact) mass is 301 g/mol. The van der Waals surface area contributed by atoms with Gasteiger partial charge in [-0.1, -0.05) is 15.9 Å². The topological polar surface area (TPSA) is 57.6 Å². The maximum Gasteiger partial charge on any atom is 0.310 e. The molecule has 17 heavy (non-hydrogen) atoms. The van der Waals surface area contributed by atoms with Crippen molar-refractivity contribution in [1.29, 1.82) is 0 Å². The lowest BCUT2D eigenvalue weighted by Crippen LogP contribution is -2.53. The molecule has 1 aliphatic rings. The van der Waals surface area contributed by atoms with E-state index < -0.39 is 23.6 Å². The number of hydrogen-bond acceptors (Lipinski definition) is 2. The maximum atomic E-state index is 13.4. The van der Waals surface area contributed by atoms with Gasteiger partial charge in [0.1, 0.15) is 5.82 Å². The second-order valence-electron chi connectivity index (χ2n) is 3.87. The summed E-state index contributed by atoms with van der Waals surface area (Å²) in [5, 5.41) is 8.68. The molecule has 0 unspecified atom stereocenters. The Morgan fingerprint density at radius 3 is 2.65 bits per heavy atom. The summed E-state index contributed by atoms with van der Waals surface area (Å²) in [5.41, 5.74) is -0.0387. The molecule has 1 aromatic carbocycles. The molecule has 0 bridgehead atoms. The first-order chi connectivity index (χ1) is 7.99. The zero-order chi connectivity index (χ0) is 12.6. The van der Waals surface area contributed by atoms with Gasteiger partial charge in [-0.15, -0.1) is 0 Å². The second kappa shape index (κ2) is 4.44. The van der Waals surface area contributed by atoms with E-state index in [9.17, 15) is 14.0 Å². The van der Waals surface area contributed by atoms with Crippen molar-refractivity contribution < 1.29 is 19.1 Å². The van der Waals surface area contributed by atoms with E-state index in [0.717, 1.165) is 0 Å². The summed E-state index contributed by atoms with van der Waals surface area (Å²) in [6.07, 6.45) is 0. The Kier molecular flexibility index (Phi) is 3.15. The lowest BCUT2D eigenvalue weighted by molar-refractivity contribution is -0.146. The highest BCUT2D eigenvalue weighted by atomic mass is 79.9. The van der Waals surface area contributed by atoms with Crippen molar-refractivity contribution in [2.24, 2.45) is 5.92 Å². The van der Waals surface area contributed by atoms with Gasteiger partial charge in [-0.3, -0.25) is 9.59 Å². The molecular weight excluding hydrogens is 293 g/mol. The Morgan fingerprint density at radius 2 is 2.06 bits per heavy atom. The van der Waals surface area contributed by atoms with E-state index in [2.05, 4.69) is 15.9 Å². The summed E-state index contributed by atoms with van der Waals surface area (Å²) in [7, 11) is 0. The number of carboxylic acid groups (broad SMARTS) is 1. The normalized spacial score (nSPS) is 15.5. The standard InChI is InChI=1S/C11H9BrFNO3/c12-7-1-2-9(13)8(3-7)10(15)14-4-6(5-14)11(16)17/h1-3,6H,4-5H2,(H,16,17). The predicted molar refractivity (Wildman–Crippen MR) is 61.1 cm³/mol. The molecule has 1 aliphatic heterocycles. The van der Waals surface area contributed by atoms with Crippen LogP contribution < -0.4 is 0 Å². The predicted octanol–water partition coefficient (Wildman–Crippen LogP) is 1.74. The van der Waals surface area contributed by atoms with Gasteiger partial charge in [0.2, 0.25) is 0 Å².